The molecule has 8 atom stereocenters. The van der Waals surface area contributed by atoms with Crippen LogP contribution in [0.25, 0.3) is 0 Å². The number of fused-ring (bicyclic) bond motifs is 5. The van der Waals surface area contributed by atoms with Gasteiger partial charge in [-0.25, -0.2) is 0 Å². The van der Waals surface area contributed by atoms with Crippen molar-refractivity contribution in [3.05, 3.63) is 11.6 Å². The molecule has 0 saturated heterocycles. The van der Waals surface area contributed by atoms with Gasteiger partial charge in [0, 0.05) is 11.8 Å². The second kappa shape index (κ2) is 9.74. The molecule has 4 aliphatic carbocycles. The molecule has 2 N–H and O–H groups in total. The van der Waals surface area contributed by atoms with Crippen LogP contribution in [0.5, 0.6) is 0 Å². The monoisotopic (exact) mass is 488 g/mol. The van der Waals surface area contributed by atoms with Gasteiger partial charge in [0.2, 0.25) is 5.78 Å². The molecule has 6 nitrogen and oxygen atoms in total. The normalized spacial score (nSPS) is 41.3. The molecular formula is C29H44O6. The molecule has 196 valence electrons. The van der Waals surface area contributed by atoms with Crippen molar-refractivity contribution in [1.29, 1.82) is 0 Å². The molecule has 0 aromatic rings. The largest absolute Gasteiger partial charge is 0.457 e. The molecule has 3 saturated carbocycles. The number of ether oxygens (including phenoxy) is 1. The van der Waals surface area contributed by atoms with E-state index in [2.05, 4.69) is 13.8 Å². The molecule has 35 heavy (non-hydrogen) atoms. The fourth-order valence-electron chi connectivity index (χ4n) is 8.46. The van der Waals surface area contributed by atoms with Gasteiger partial charge in [-0.3, -0.25) is 14.4 Å². The summed E-state index contributed by atoms with van der Waals surface area (Å²) in [5, 5.41) is 23.3. The summed E-state index contributed by atoms with van der Waals surface area (Å²) in [4.78, 5) is 38.0. The number of aliphatic hydroxyl groups excluding tert-OH is 1. The maximum Gasteiger partial charge on any atom is 0.309 e. The molecule has 0 aliphatic heterocycles. The van der Waals surface area contributed by atoms with E-state index in [1.54, 1.807) is 0 Å². The quantitative estimate of drug-likeness (QED) is 0.486. The first-order valence-electron chi connectivity index (χ1n) is 13.9. The van der Waals surface area contributed by atoms with E-state index in [1.165, 1.54) is 5.57 Å². The molecule has 0 radical (unpaired) electrons. The summed E-state index contributed by atoms with van der Waals surface area (Å²) in [6.45, 7) is 7.78. The summed E-state index contributed by atoms with van der Waals surface area (Å²) in [7, 11) is 0. The molecule has 0 aromatic carbocycles. The number of aliphatic hydroxyl groups is 2. The van der Waals surface area contributed by atoms with Gasteiger partial charge in [0.15, 0.2) is 12.4 Å². The van der Waals surface area contributed by atoms with Crippen LogP contribution in [0, 0.1) is 34.5 Å². The fourth-order valence-corrected chi connectivity index (χ4v) is 8.46. The van der Waals surface area contributed by atoms with Crippen molar-refractivity contribution in [2.75, 3.05) is 6.61 Å². The molecular weight excluding hydrogens is 444 g/mol. The van der Waals surface area contributed by atoms with Gasteiger partial charge in [-0.15, -0.1) is 0 Å². The third kappa shape index (κ3) is 4.22. The minimum Gasteiger partial charge on any atom is -0.457 e. The Morgan fingerprint density at radius 1 is 1.17 bits per heavy atom. The van der Waals surface area contributed by atoms with Gasteiger partial charge in [-0.2, -0.15) is 0 Å². The van der Waals surface area contributed by atoms with Crippen molar-refractivity contribution >= 4 is 17.5 Å². The van der Waals surface area contributed by atoms with Gasteiger partial charge >= 0.3 is 5.97 Å². The first-order valence-corrected chi connectivity index (χ1v) is 13.9. The lowest BCUT2D eigenvalue weighted by Gasteiger charge is -2.60. The summed E-state index contributed by atoms with van der Waals surface area (Å²) in [6, 6.07) is 0. The van der Waals surface area contributed by atoms with Crippen LogP contribution < -0.4 is 0 Å². The highest BCUT2D eigenvalue weighted by molar-refractivity contribution is 5.92. The Hall–Kier alpha value is -1.53. The van der Waals surface area contributed by atoms with Gasteiger partial charge < -0.3 is 14.9 Å². The Morgan fingerprint density at radius 2 is 1.91 bits per heavy atom. The van der Waals surface area contributed by atoms with Crippen molar-refractivity contribution in [2.24, 2.45) is 34.5 Å². The van der Waals surface area contributed by atoms with E-state index in [4.69, 9.17) is 4.74 Å². The van der Waals surface area contributed by atoms with Gasteiger partial charge in [0.1, 0.15) is 5.60 Å². The number of carbonyl (C=O) groups is 3. The molecule has 0 spiro atoms. The fraction of sp³-hybridized carbons (Fsp3) is 0.828. The van der Waals surface area contributed by atoms with Gasteiger partial charge in [0.05, 0.1) is 12.0 Å². The van der Waals surface area contributed by atoms with Crippen LogP contribution in [0.4, 0.5) is 0 Å². The van der Waals surface area contributed by atoms with Gasteiger partial charge in [-0.05, 0) is 80.6 Å². The highest BCUT2D eigenvalue weighted by Crippen LogP contribution is 2.67. The standard InChI is InChI=1S/C29H44O6/c1-5-7-8-18(6-2)26(33)35-17-24(32)29(34)14-12-22-21-10-9-19-15-20(30)11-13-27(19,3)25(21)23(31)16-28(22,29)4/h15,18,21-23,25,31,34H,5-14,16-17H2,1-4H3/t18-,21-,22-,23+,25+,27+,28-,29-/m1/s1. The zero-order valence-corrected chi connectivity index (χ0v) is 22.0. The van der Waals surface area contributed by atoms with Crippen LogP contribution in [0.1, 0.15) is 98.3 Å². The second-order valence-electron chi connectivity index (χ2n) is 12.3. The first kappa shape index (κ1) is 26.5. The summed E-state index contributed by atoms with van der Waals surface area (Å²) in [6.07, 6.45) is 8.91. The summed E-state index contributed by atoms with van der Waals surface area (Å²) in [5.41, 5.74) is -1.39. The topological polar surface area (TPSA) is 101 Å². The van der Waals surface area contributed by atoms with E-state index in [-0.39, 0.29) is 40.8 Å². The number of carbonyl (C=O) groups excluding carboxylic acids is 3. The summed E-state index contributed by atoms with van der Waals surface area (Å²) >= 11 is 0. The van der Waals surface area contributed by atoms with E-state index in [9.17, 15) is 24.6 Å². The lowest BCUT2D eigenvalue weighted by Crippen LogP contribution is -2.62. The molecule has 3 fully saturated rings. The number of allylic oxidation sites excluding steroid dienone is 1. The molecule has 0 heterocycles. The number of hydrogen-bond acceptors (Lipinski definition) is 6. The van der Waals surface area contributed by atoms with Crippen LogP contribution in [-0.2, 0) is 19.1 Å². The Bertz CT molecular complexity index is 894. The van der Waals surface area contributed by atoms with E-state index < -0.39 is 29.5 Å². The van der Waals surface area contributed by atoms with Gasteiger partial charge in [0.25, 0.3) is 0 Å². The van der Waals surface area contributed by atoms with Crippen molar-refractivity contribution in [3.8, 4) is 0 Å². The predicted octanol–water partition coefficient (Wildman–Crippen LogP) is 4.55. The van der Waals surface area contributed by atoms with Crippen molar-refractivity contribution in [2.45, 2.75) is 110 Å². The van der Waals surface area contributed by atoms with E-state index in [1.807, 2.05) is 19.9 Å². The zero-order valence-electron chi connectivity index (χ0n) is 22.0. The van der Waals surface area contributed by atoms with Crippen molar-refractivity contribution in [1.82, 2.24) is 0 Å². The number of esters is 1. The molecule has 0 aromatic heterocycles. The molecule has 6 heteroatoms. The Balaban J connectivity index is 1.51. The van der Waals surface area contributed by atoms with Crippen molar-refractivity contribution in [3.63, 3.8) is 0 Å². The first-order chi connectivity index (χ1) is 16.5. The van der Waals surface area contributed by atoms with E-state index in [0.29, 0.717) is 25.7 Å². The van der Waals surface area contributed by atoms with Crippen LogP contribution in [0.2, 0.25) is 0 Å². The third-order valence-corrected chi connectivity index (χ3v) is 10.6. The number of hydrogen-bond donors (Lipinski definition) is 2. The van der Waals surface area contributed by atoms with E-state index >= 15 is 0 Å². The zero-order chi connectivity index (χ0) is 25.6. The highest BCUT2D eigenvalue weighted by Gasteiger charge is 2.68. The summed E-state index contributed by atoms with van der Waals surface area (Å²) < 4.78 is 5.44. The maximum absolute atomic E-state index is 13.4. The lowest BCUT2D eigenvalue weighted by atomic mass is 9.45. The third-order valence-electron chi connectivity index (χ3n) is 10.6. The lowest BCUT2D eigenvalue weighted by molar-refractivity contribution is -0.185. The predicted molar refractivity (Wildman–Crippen MR) is 132 cm³/mol. The van der Waals surface area contributed by atoms with Crippen LogP contribution in [-0.4, -0.2) is 46.1 Å². The summed E-state index contributed by atoms with van der Waals surface area (Å²) in [5.74, 6) is -0.472. The second-order valence-corrected chi connectivity index (χ2v) is 12.3. The minimum atomic E-state index is -1.60. The van der Waals surface area contributed by atoms with E-state index in [0.717, 1.165) is 44.9 Å². The van der Waals surface area contributed by atoms with Gasteiger partial charge in [-0.1, -0.05) is 46.1 Å². The highest BCUT2D eigenvalue weighted by atomic mass is 16.5. The number of unbranched alkanes of at least 4 members (excludes halogenated alkanes) is 1. The SMILES string of the molecule is CCCC[C@@H](CC)C(=O)OCC(=O)[C@]1(O)CC[C@@H]2[C@H]3CCC4=CC(=O)CC[C@]4(C)[C@@H]3[C@@H](O)C[C@]21C. The Labute approximate surface area is 209 Å². The maximum atomic E-state index is 13.4. The molecule has 4 aliphatic rings. The minimum absolute atomic E-state index is 0.0350. The Morgan fingerprint density at radius 3 is 2.60 bits per heavy atom. The van der Waals surface area contributed by atoms with Crippen molar-refractivity contribution < 1.29 is 29.3 Å². The number of ketones is 2. The van der Waals surface area contributed by atoms with Crippen LogP contribution in [0.15, 0.2) is 11.6 Å². The number of rotatable bonds is 8. The average molecular weight is 489 g/mol. The molecule has 0 amide bonds. The molecule has 0 unspecified atom stereocenters. The molecule has 4 rings (SSSR count). The number of Topliss-reactive ketones (excluding diaryl/α,β-unsaturated/α-hetero) is 1. The molecule has 0 bridgehead atoms. The smallest absolute Gasteiger partial charge is 0.309 e. The van der Waals surface area contributed by atoms with Crippen LogP contribution in [0.3, 0.4) is 0 Å². The Kier molecular flexibility index (Phi) is 7.38. The average Bonchev–Trinajstić information content (AvgIpc) is 3.09. The van der Waals surface area contributed by atoms with Crippen LogP contribution >= 0.6 is 0 Å².